The summed E-state index contributed by atoms with van der Waals surface area (Å²) in [6.07, 6.45) is 5.08. The van der Waals surface area contributed by atoms with E-state index >= 15 is 0 Å². The molecule has 0 unspecified atom stereocenters. The highest BCUT2D eigenvalue weighted by Gasteiger charge is 2.28. The molecule has 0 saturated carbocycles. The molecule has 0 aliphatic rings. The van der Waals surface area contributed by atoms with Crippen molar-refractivity contribution in [3.05, 3.63) is 71.1 Å². The molecule has 4 rings (SSSR count). The summed E-state index contributed by atoms with van der Waals surface area (Å²) in [6.45, 7) is 3.82. The van der Waals surface area contributed by atoms with Crippen LogP contribution in [-0.2, 0) is 0 Å². The van der Waals surface area contributed by atoms with Crippen LogP contribution in [0, 0.1) is 23.0 Å². The van der Waals surface area contributed by atoms with Crippen molar-refractivity contribution in [3.63, 3.8) is 0 Å². The molecular weight excluding hydrogens is 582 g/mol. The first kappa shape index (κ1) is 31.1. The number of aromatic nitrogens is 3. The maximum Gasteiger partial charge on any atom is 0.341 e. The molecular formula is C29H29ClF2N8O3. The number of nitrogens with zero attached hydrogens (tertiary/aromatic N) is 7. The fourth-order valence-corrected chi connectivity index (χ4v) is 4.65. The normalized spacial score (nSPS) is 11.0. The number of hydrogen-bond donors (Lipinski definition) is 1. The summed E-state index contributed by atoms with van der Waals surface area (Å²) in [7, 11) is 3.46. The van der Waals surface area contributed by atoms with Gasteiger partial charge in [0.1, 0.15) is 6.07 Å². The molecule has 0 bridgehead atoms. The number of anilines is 2. The number of nitrogens with one attached hydrogen (secondary N) is 1. The van der Waals surface area contributed by atoms with Crippen LogP contribution >= 0.6 is 11.6 Å². The number of halogens is 3. The molecule has 43 heavy (non-hydrogen) atoms. The third-order valence-electron chi connectivity index (χ3n) is 6.44. The average Bonchev–Trinajstić information content (AvgIpc) is 3.41. The van der Waals surface area contributed by atoms with Crippen molar-refractivity contribution in [3.8, 4) is 23.1 Å². The van der Waals surface area contributed by atoms with E-state index < -0.39 is 30.2 Å². The Hall–Kier alpha value is -4.80. The van der Waals surface area contributed by atoms with Crippen molar-refractivity contribution in [1.82, 2.24) is 29.3 Å². The van der Waals surface area contributed by atoms with Crippen molar-refractivity contribution in [1.29, 1.82) is 5.26 Å². The maximum atomic E-state index is 14.9. The first-order valence-corrected chi connectivity index (χ1v) is 13.7. The lowest BCUT2D eigenvalue weighted by Crippen LogP contribution is -2.51. The predicted octanol–water partition coefficient (Wildman–Crippen LogP) is 5.74. The summed E-state index contributed by atoms with van der Waals surface area (Å²) in [4.78, 5) is 36.2. The zero-order valence-electron chi connectivity index (χ0n) is 23.9. The highest BCUT2D eigenvalue weighted by molar-refractivity contribution is 6.34. The van der Waals surface area contributed by atoms with Crippen molar-refractivity contribution in [2.45, 2.75) is 20.3 Å². The van der Waals surface area contributed by atoms with Crippen molar-refractivity contribution in [2.75, 3.05) is 39.1 Å². The molecule has 0 spiro atoms. The zero-order valence-corrected chi connectivity index (χ0v) is 24.7. The number of imidazole rings is 1. The van der Waals surface area contributed by atoms with Gasteiger partial charge in [0, 0.05) is 50.8 Å². The second kappa shape index (κ2) is 13.5. The highest BCUT2D eigenvalue weighted by atomic mass is 35.5. The standard InChI is InChI=1S/C29H29ClF2N8O3/c1-5-13-40(37(3)4)29(42)38(6-2)28(41)19-8-7-18(16-21(19)30)36-26-27-35-17-22(39(27)14-12-34-26)20-9-10-23(43-15-11-33)25(32)24(20)31/h7-10,12,14,16-17H,5-6,13,15H2,1-4H3,(H,34,36). The van der Waals surface area contributed by atoms with Gasteiger partial charge in [-0.15, -0.1) is 0 Å². The quantitative estimate of drug-likeness (QED) is 0.226. The molecule has 1 N–H and O–H groups in total. The SMILES string of the molecule is CCCN(C(=O)N(CC)C(=O)c1ccc(Nc2nccn3c(-c4ccc(OCC#N)c(F)c4F)cnc23)cc1Cl)N(C)C. The molecule has 0 aliphatic heterocycles. The van der Waals surface area contributed by atoms with Gasteiger partial charge < -0.3 is 10.1 Å². The number of amides is 3. The number of ether oxygens (including phenoxy) is 1. The molecule has 2 aromatic heterocycles. The predicted molar refractivity (Wildman–Crippen MR) is 157 cm³/mol. The van der Waals surface area contributed by atoms with Crippen molar-refractivity contribution in [2.24, 2.45) is 0 Å². The number of hydrazine groups is 1. The lowest BCUT2D eigenvalue weighted by Gasteiger charge is -2.33. The highest BCUT2D eigenvalue weighted by Crippen LogP contribution is 2.32. The minimum atomic E-state index is -1.22. The second-order valence-electron chi connectivity index (χ2n) is 9.42. The molecule has 11 nitrogen and oxygen atoms in total. The molecule has 3 amide bonds. The monoisotopic (exact) mass is 610 g/mol. The Balaban J connectivity index is 1.60. The van der Waals surface area contributed by atoms with Gasteiger partial charge in [-0.3, -0.25) is 19.1 Å². The summed E-state index contributed by atoms with van der Waals surface area (Å²) in [5, 5.41) is 15.0. The van der Waals surface area contributed by atoms with E-state index in [0.717, 1.165) is 4.90 Å². The largest absolute Gasteiger partial charge is 0.476 e. The van der Waals surface area contributed by atoms with Gasteiger partial charge in [-0.05, 0) is 43.7 Å². The average molecular weight is 611 g/mol. The third kappa shape index (κ3) is 6.35. The van der Waals surface area contributed by atoms with Gasteiger partial charge in [0.15, 0.2) is 29.6 Å². The van der Waals surface area contributed by atoms with Crippen LogP contribution in [-0.4, -0.2) is 75.0 Å². The number of rotatable bonds is 10. The summed E-state index contributed by atoms with van der Waals surface area (Å²) in [5.41, 5.74) is 1.10. The minimum Gasteiger partial charge on any atom is -0.476 e. The van der Waals surface area contributed by atoms with Gasteiger partial charge in [0.05, 0.1) is 22.5 Å². The number of nitriles is 1. The van der Waals surface area contributed by atoms with E-state index in [1.54, 1.807) is 44.4 Å². The summed E-state index contributed by atoms with van der Waals surface area (Å²) >= 11 is 6.51. The van der Waals surface area contributed by atoms with E-state index in [-0.39, 0.29) is 40.0 Å². The Morgan fingerprint density at radius 1 is 1.14 bits per heavy atom. The van der Waals surface area contributed by atoms with Crippen LogP contribution in [0.4, 0.5) is 25.1 Å². The van der Waals surface area contributed by atoms with Gasteiger partial charge in [0.25, 0.3) is 5.91 Å². The lowest BCUT2D eigenvalue weighted by atomic mass is 10.1. The Morgan fingerprint density at radius 2 is 1.91 bits per heavy atom. The Kier molecular flexibility index (Phi) is 9.74. The van der Waals surface area contributed by atoms with Gasteiger partial charge in [-0.25, -0.2) is 24.2 Å². The first-order valence-electron chi connectivity index (χ1n) is 13.3. The van der Waals surface area contributed by atoms with Crippen molar-refractivity contribution < 1.29 is 23.1 Å². The third-order valence-corrected chi connectivity index (χ3v) is 6.75. The van der Waals surface area contributed by atoms with E-state index in [1.807, 2.05) is 6.92 Å². The fraction of sp³-hybridized carbons (Fsp3) is 0.276. The van der Waals surface area contributed by atoms with Crippen LogP contribution < -0.4 is 10.1 Å². The second-order valence-corrected chi connectivity index (χ2v) is 9.83. The van der Waals surface area contributed by atoms with Crippen LogP contribution in [0.2, 0.25) is 5.02 Å². The van der Waals surface area contributed by atoms with Crippen LogP contribution in [0.15, 0.2) is 48.9 Å². The van der Waals surface area contributed by atoms with Gasteiger partial charge in [-0.1, -0.05) is 18.5 Å². The van der Waals surface area contributed by atoms with Gasteiger partial charge in [0.2, 0.25) is 5.82 Å². The van der Waals surface area contributed by atoms with E-state index in [1.165, 1.54) is 46.1 Å². The summed E-state index contributed by atoms with van der Waals surface area (Å²) in [5.74, 6) is -3.00. The summed E-state index contributed by atoms with van der Waals surface area (Å²) in [6, 6.07) is 8.47. The van der Waals surface area contributed by atoms with Crippen LogP contribution in [0.25, 0.3) is 16.9 Å². The first-order chi connectivity index (χ1) is 20.6. The minimum absolute atomic E-state index is 0.0702. The van der Waals surface area contributed by atoms with Crippen LogP contribution in [0.3, 0.4) is 0 Å². The number of benzene rings is 2. The summed E-state index contributed by atoms with van der Waals surface area (Å²) < 4.78 is 36.0. The Morgan fingerprint density at radius 3 is 2.56 bits per heavy atom. The molecule has 0 atom stereocenters. The Bertz CT molecular complexity index is 1710. The molecule has 2 heterocycles. The smallest absolute Gasteiger partial charge is 0.341 e. The van der Waals surface area contributed by atoms with E-state index in [2.05, 4.69) is 15.3 Å². The number of carbonyl (C=O) groups excluding carboxylic acids is 2. The number of carbonyl (C=O) groups is 2. The molecule has 0 aliphatic carbocycles. The molecule has 4 aromatic rings. The van der Waals surface area contributed by atoms with Crippen LogP contribution in [0.1, 0.15) is 30.6 Å². The van der Waals surface area contributed by atoms with E-state index in [4.69, 9.17) is 21.6 Å². The molecule has 0 fully saturated rings. The number of fused-ring (bicyclic) bond motifs is 1. The van der Waals surface area contributed by atoms with Gasteiger partial charge in [-0.2, -0.15) is 9.65 Å². The van der Waals surface area contributed by atoms with Gasteiger partial charge >= 0.3 is 6.03 Å². The molecule has 0 radical (unpaired) electrons. The fourth-order valence-electron chi connectivity index (χ4n) is 4.39. The maximum absolute atomic E-state index is 14.9. The number of imide groups is 1. The number of hydrogen-bond acceptors (Lipinski definition) is 8. The van der Waals surface area contributed by atoms with Crippen molar-refractivity contribution >= 4 is 40.7 Å². The Labute approximate surface area is 251 Å². The molecule has 0 saturated heterocycles. The van der Waals surface area contributed by atoms with E-state index in [0.29, 0.717) is 24.3 Å². The van der Waals surface area contributed by atoms with Crippen LogP contribution in [0.5, 0.6) is 5.75 Å². The number of urea groups is 1. The topological polar surface area (TPSA) is 119 Å². The zero-order chi connectivity index (χ0) is 31.3. The lowest BCUT2D eigenvalue weighted by molar-refractivity contribution is 0.0372. The molecule has 2 aromatic carbocycles. The molecule has 224 valence electrons. The van der Waals surface area contributed by atoms with E-state index in [9.17, 15) is 18.4 Å². The molecule has 14 heteroatoms.